The van der Waals surface area contributed by atoms with Crippen LogP contribution in [0.2, 0.25) is 5.02 Å². The van der Waals surface area contributed by atoms with E-state index in [9.17, 15) is 9.65 Å². The summed E-state index contributed by atoms with van der Waals surface area (Å²) in [7, 11) is 1.84. The maximum absolute atomic E-state index is 17.3. The van der Waals surface area contributed by atoms with Crippen LogP contribution in [0.5, 0.6) is 11.8 Å². The molecule has 4 aliphatic heterocycles. The van der Waals surface area contributed by atoms with E-state index in [-0.39, 0.29) is 72.1 Å². The molecule has 10 nitrogen and oxygen atoms in total. The first-order chi connectivity index (χ1) is 23.2. The van der Waals surface area contributed by atoms with E-state index in [4.69, 9.17) is 36.5 Å². The highest BCUT2D eigenvalue weighted by molar-refractivity contribution is 7.23. The molecule has 2 bridgehead atoms. The molecule has 4 aliphatic rings. The molecule has 3 saturated heterocycles. The summed E-state index contributed by atoms with van der Waals surface area (Å²) >= 11 is 8.03. The van der Waals surface area contributed by atoms with Crippen LogP contribution in [0.3, 0.4) is 0 Å². The Balaban J connectivity index is 1.37. The molecule has 4 atom stereocenters. The predicted molar refractivity (Wildman–Crippen MR) is 178 cm³/mol. The lowest BCUT2D eigenvalue weighted by atomic mass is 9.95. The molecule has 48 heavy (non-hydrogen) atoms. The van der Waals surface area contributed by atoms with E-state index < -0.39 is 29.4 Å². The Morgan fingerprint density at radius 2 is 2.12 bits per heavy atom. The van der Waals surface area contributed by atoms with Gasteiger partial charge in [0.05, 0.1) is 45.5 Å². The smallest absolute Gasteiger partial charge is 0.319 e. The molecule has 0 spiro atoms. The van der Waals surface area contributed by atoms with E-state index in [1.807, 2.05) is 13.1 Å². The van der Waals surface area contributed by atoms with E-state index in [1.54, 1.807) is 0 Å². The minimum Gasteiger partial charge on any atom is -0.485 e. The number of anilines is 2. The lowest BCUT2D eigenvalue weighted by Crippen LogP contribution is -2.50. The van der Waals surface area contributed by atoms with Crippen molar-refractivity contribution in [2.24, 2.45) is 0 Å². The van der Waals surface area contributed by atoms with E-state index in [1.165, 1.54) is 12.1 Å². The van der Waals surface area contributed by atoms with Gasteiger partial charge in [-0.25, -0.2) is 13.2 Å². The van der Waals surface area contributed by atoms with Gasteiger partial charge in [0.25, 0.3) is 0 Å². The second-order valence-electron chi connectivity index (χ2n) is 13.0. The molecule has 2 unspecified atom stereocenters. The summed E-state index contributed by atoms with van der Waals surface area (Å²) in [6.07, 6.45) is 1.29. The topological polar surface area (TPSA) is 122 Å². The normalized spacial score (nSPS) is 25.2. The number of nitrogen functional groups attached to an aromatic ring is 1. The minimum atomic E-state index is -0.949. The quantitative estimate of drug-likeness (QED) is 0.258. The molecule has 0 aliphatic carbocycles. The molecular formula is C33H33ClF3N7O3S. The molecular weight excluding hydrogens is 667 g/mol. The van der Waals surface area contributed by atoms with Crippen LogP contribution in [-0.2, 0) is 4.74 Å². The summed E-state index contributed by atoms with van der Waals surface area (Å²) in [5, 5.41) is 13.6. The van der Waals surface area contributed by atoms with E-state index >= 15 is 8.78 Å². The number of nitrogens with two attached hydrogens (primary N) is 1. The third-order valence-corrected chi connectivity index (χ3v) is 11.5. The van der Waals surface area contributed by atoms with Crippen molar-refractivity contribution in [2.75, 3.05) is 63.7 Å². The van der Waals surface area contributed by atoms with Gasteiger partial charge in [-0.05, 0) is 38.1 Å². The molecule has 6 heterocycles. The third-order valence-electron chi connectivity index (χ3n) is 10.1. The number of thiophene rings is 1. The highest BCUT2D eigenvalue weighted by atomic mass is 35.5. The SMILES string of the molecule is CNCCN1c2nc(OC[C@@]34CCCN3C[C@H](F)C4)nc3c(F)c(-c4ccc(F)c5sc(N)c(C#N)c45)c(Cl)c(c23)OC2COCC1C2. The molecule has 2 aromatic heterocycles. The fourth-order valence-corrected chi connectivity index (χ4v) is 9.22. The van der Waals surface area contributed by atoms with Gasteiger partial charge < -0.3 is 30.2 Å². The summed E-state index contributed by atoms with van der Waals surface area (Å²) < 4.78 is 65.8. The van der Waals surface area contributed by atoms with Crippen molar-refractivity contribution in [3.63, 3.8) is 0 Å². The van der Waals surface area contributed by atoms with Crippen molar-refractivity contribution in [1.29, 1.82) is 5.26 Å². The molecule has 0 amide bonds. The number of nitriles is 1. The number of hydrogen-bond donors (Lipinski definition) is 2. The van der Waals surface area contributed by atoms with Crippen LogP contribution in [0.15, 0.2) is 12.1 Å². The molecule has 2 aromatic carbocycles. The number of aromatic nitrogens is 2. The largest absolute Gasteiger partial charge is 0.485 e. The average molecular weight is 700 g/mol. The van der Waals surface area contributed by atoms with E-state index in [0.717, 1.165) is 30.7 Å². The lowest BCUT2D eigenvalue weighted by molar-refractivity contribution is -0.00561. The number of likely N-dealkylation sites (N-methyl/N-ethyl adjacent to an activating group) is 1. The summed E-state index contributed by atoms with van der Waals surface area (Å²) in [6.45, 7) is 3.09. The van der Waals surface area contributed by atoms with Gasteiger partial charge in [-0.1, -0.05) is 17.7 Å². The van der Waals surface area contributed by atoms with Crippen LogP contribution in [0, 0.1) is 23.0 Å². The van der Waals surface area contributed by atoms with Gasteiger partial charge in [0.15, 0.2) is 11.6 Å². The molecule has 0 saturated carbocycles. The maximum Gasteiger partial charge on any atom is 0.319 e. The van der Waals surface area contributed by atoms with Crippen molar-refractivity contribution in [3.05, 3.63) is 34.4 Å². The third kappa shape index (κ3) is 4.93. The van der Waals surface area contributed by atoms with Gasteiger partial charge in [0.2, 0.25) is 0 Å². The van der Waals surface area contributed by atoms with Gasteiger partial charge >= 0.3 is 6.01 Å². The summed E-state index contributed by atoms with van der Waals surface area (Å²) in [5.41, 5.74) is 5.63. The van der Waals surface area contributed by atoms with Crippen molar-refractivity contribution in [3.8, 4) is 29.0 Å². The van der Waals surface area contributed by atoms with Gasteiger partial charge in [-0.15, -0.1) is 11.3 Å². The summed E-state index contributed by atoms with van der Waals surface area (Å²) in [4.78, 5) is 13.7. The zero-order valence-corrected chi connectivity index (χ0v) is 27.7. The van der Waals surface area contributed by atoms with Gasteiger partial charge in [-0.2, -0.15) is 15.2 Å². The molecule has 252 valence electrons. The van der Waals surface area contributed by atoms with Crippen molar-refractivity contribution in [1.82, 2.24) is 20.2 Å². The number of alkyl halides is 1. The first-order valence-corrected chi connectivity index (χ1v) is 17.2. The average Bonchev–Trinajstić information content (AvgIpc) is 3.72. The number of nitrogens with zero attached hydrogens (tertiary/aromatic N) is 5. The number of hydrogen-bond acceptors (Lipinski definition) is 11. The van der Waals surface area contributed by atoms with Crippen molar-refractivity contribution >= 4 is 54.7 Å². The van der Waals surface area contributed by atoms with Crippen LogP contribution in [0.4, 0.5) is 24.0 Å². The first-order valence-electron chi connectivity index (χ1n) is 16.0. The Labute approximate surface area is 283 Å². The van der Waals surface area contributed by atoms with Crippen LogP contribution in [0.25, 0.3) is 32.1 Å². The number of halogens is 4. The monoisotopic (exact) mass is 699 g/mol. The zero-order valence-electron chi connectivity index (χ0n) is 26.1. The fraction of sp³-hybridized carbons (Fsp3) is 0.485. The van der Waals surface area contributed by atoms with Crippen molar-refractivity contribution in [2.45, 2.75) is 49.5 Å². The van der Waals surface area contributed by atoms with Gasteiger partial charge in [0, 0.05) is 43.4 Å². The van der Waals surface area contributed by atoms with Crippen LogP contribution in [0.1, 0.15) is 31.2 Å². The maximum atomic E-state index is 17.3. The molecule has 8 rings (SSSR count). The predicted octanol–water partition coefficient (Wildman–Crippen LogP) is 5.43. The second kappa shape index (κ2) is 12.1. The number of benzene rings is 2. The molecule has 0 radical (unpaired) electrons. The van der Waals surface area contributed by atoms with Gasteiger partial charge in [-0.3, -0.25) is 4.90 Å². The Hall–Kier alpha value is -3.61. The minimum absolute atomic E-state index is 0.0286. The van der Waals surface area contributed by atoms with Crippen LogP contribution in [-0.4, -0.2) is 91.8 Å². The molecule has 3 fully saturated rings. The molecule has 15 heteroatoms. The lowest BCUT2D eigenvalue weighted by Gasteiger charge is -2.41. The Morgan fingerprint density at radius 3 is 2.94 bits per heavy atom. The number of nitrogens with one attached hydrogen (secondary N) is 1. The highest BCUT2D eigenvalue weighted by Crippen LogP contribution is 2.51. The highest BCUT2D eigenvalue weighted by Gasteiger charge is 2.49. The summed E-state index contributed by atoms with van der Waals surface area (Å²) in [6, 6.07) is 4.41. The zero-order chi connectivity index (χ0) is 33.3. The number of ether oxygens (including phenoxy) is 3. The Morgan fingerprint density at radius 1 is 1.27 bits per heavy atom. The van der Waals surface area contributed by atoms with E-state index in [2.05, 4.69) is 20.1 Å². The first kappa shape index (κ1) is 31.6. The Bertz CT molecular complexity index is 1990. The fourth-order valence-electron chi connectivity index (χ4n) is 7.95. The standard InChI is InChI=1S/C33H33ClF3N7O3S/c1-40-6-8-44-17-9-18(14-45-13-17)47-28-24-27(41-32(42-31(24)44)46-15-33-5-2-7-43(33)12-16(35)10-33)26(37)23(25(28)34)19-3-4-21(36)29-22(19)20(11-38)30(39)48-29/h3-4,16-18,40H,2,5-10,12-15,39H2,1H3/t16-,17?,18?,33+/m1/s1. The number of fused-ring (bicyclic) bond motifs is 4. The van der Waals surface area contributed by atoms with Gasteiger partial charge in [0.1, 0.15) is 47.1 Å². The molecule has 3 N–H and O–H groups in total. The summed E-state index contributed by atoms with van der Waals surface area (Å²) in [5.74, 6) is -0.871. The number of rotatable bonds is 7. The Kier molecular flexibility index (Phi) is 7.95. The van der Waals surface area contributed by atoms with E-state index in [0.29, 0.717) is 51.5 Å². The molecule has 4 aromatic rings. The van der Waals surface area contributed by atoms with Crippen LogP contribution < -0.4 is 25.4 Å². The second-order valence-corrected chi connectivity index (χ2v) is 14.4. The van der Waals surface area contributed by atoms with Crippen molar-refractivity contribution < 1.29 is 27.4 Å². The van der Waals surface area contributed by atoms with Crippen LogP contribution >= 0.6 is 22.9 Å².